The first-order valence-corrected chi connectivity index (χ1v) is 7.96. The Hall–Kier alpha value is -3.80. The lowest BCUT2D eigenvalue weighted by Crippen LogP contribution is -1.88. The van der Waals surface area contributed by atoms with Crippen LogP contribution in [0.25, 0.3) is 34.0 Å². The van der Waals surface area contributed by atoms with Crippen molar-refractivity contribution in [2.24, 2.45) is 0 Å². The number of nitro benzene ring substituents is 1. The number of nitro groups is 1. The molecule has 26 heavy (non-hydrogen) atoms. The summed E-state index contributed by atoms with van der Waals surface area (Å²) in [6, 6.07) is 23.8. The number of nitrogens with zero attached hydrogens (tertiary/aromatic N) is 3. The molecule has 0 saturated carbocycles. The van der Waals surface area contributed by atoms with Crippen LogP contribution in [-0.2, 0) is 0 Å². The Kier molecular flexibility index (Phi) is 3.99. The standard InChI is InChI=1S/C20H13N3O3/c24-23(25)16-12-10-15(11-13-16)19-21-20(26-22-19)18-9-5-4-8-17(18)14-6-2-1-3-7-14/h1-13H. The van der Waals surface area contributed by atoms with Gasteiger partial charge in [-0.2, -0.15) is 4.98 Å². The van der Waals surface area contributed by atoms with Crippen LogP contribution in [0.5, 0.6) is 0 Å². The molecule has 3 aromatic carbocycles. The van der Waals surface area contributed by atoms with Crippen molar-refractivity contribution >= 4 is 5.69 Å². The number of rotatable bonds is 4. The first-order valence-electron chi connectivity index (χ1n) is 7.96. The van der Waals surface area contributed by atoms with Crippen LogP contribution in [0.3, 0.4) is 0 Å². The maximum Gasteiger partial charge on any atom is 0.269 e. The van der Waals surface area contributed by atoms with Gasteiger partial charge >= 0.3 is 0 Å². The van der Waals surface area contributed by atoms with E-state index in [0.29, 0.717) is 17.3 Å². The molecule has 126 valence electrons. The Balaban J connectivity index is 1.72. The van der Waals surface area contributed by atoms with Gasteiger partial charge in [0.05, 0.1) is 4.92 Å². The molecule has 6 nitrogen and oxygen atoms in total. The molecule has 0 spiro atoms. The quantitative estimate of drug-likeness (QED) is 0.385. The van der Waals surface area contributed by atoms with E-state index in [1.54, 1.807) is 12.1 Å². The summed E-state index contributed by atoms with van der Waals surface area (Å²) in [7, 11) is 0. The van der Waals surface area contributed by atoms with E-state index >= 15 is 0 Å². The molecule has 6 heteroatoms. The molecule has 0 N–H and O–H groups in total. The summed E-state index contributed by atoms with van der Waals surface area (Å²) in [6.07, 6.45) is 0. The summed E-state index contributed by atoms with van der Waals surface area (Å²) in [5.41, 5.74) is 3.55. The molecule has 0 aliphatic carbocycles. The normalized spacial score (nSPS) is 10.6. The van der Waals surface area contributed by atoms with E-state index < -0.39 is 4.92 Å². The zero-order valence-electron chi connectivity index (χ0n) is 13.6. The summed E-state index contributed by atoms with van der Waals surface area (Å²) < 4.78 is 5.45. The second-order valence-electron chi connectivity index (χ2n) is 5.64. The SMILES string of the molecule is O=[N+]([O-])c1ccc(-c2noc(-c3ccccc3-c3ccccc3)n2)cc1. The zero-order chi connectivity index (χ0) is 17.9. The van der Waals surface area contributed by atoms with Crippen molar-refractivity contribution in [2.75, 3.05) is 0 Å². The van der Waals surface area contributed by atoms with Gasteiger partial charge in [0.15, 0.2) is 0 Å². The summed E-state index contributed by atoms with van der Waals surface area (Å²) in [4.78, 5) is 14.8. The Bertz CT molecular complexity index is 1060. The fourth-order valence-corrected chi connectivity index (χ4v) is 2.72. The minimum Gasteiger partial charge on any atom is -0.334 e. The first-order chi connectivity index (χ1) is 12.7. The van der Waals surface area contributed by atoms with E-state index in [1.165, 1.54) is 12.1 Å². The lowest BCUT2D eigenvalue weighted by molar-refractivity contribution is -0.384. The van der Waals surface area contributed by atoms with Gasteiger partial charge in [-0.3, -0.25) is 10.1 Å². The Labute approximate surface area is 148 Å². The minimum atomic E-state index is -0.443. The van der Waals surface area contributed by atoms with Gasteiger partial charge in [-0.1, -0.05) is 53.7 Å². The van der Waals surface area contributed by atoms with Gasteiger partial charge in [-0.25, -0.2) is 0 Å². The third-order valence-electron chi connectivity index (χ3n) is 4.00. The van der Waals surface area contributed by atoms with Crippen LogP contribution in [0.1, 0.15) is 0 Å². The summed E-state index contributed by atoms with van der Waals surface area (Å²) in [6.45, 7) is 0. The molecule has 1 heterocycles. The van der Waals surface area contributed by atoms with Crippen LogP contribution in [0.4, 0.5) is 5.69 Å². The first kappa shape index (κ1) is 15.7. The molecule has 0 unspecified atom stereocenters. The van der Waals surface area contributed by atoms with E-state index in [2.05, 4.69) is 10.1 Å². The average molecular weight is 343 g/mol. The summed E-state index contributed by atoms with van der Waals surface area (Å²) >= 11 is 0. The predicted octanol–water partition coefficient (Wildman–Crippen LogP) is 4.98. The maximum absolute atomic E-state index is 10.8. The molecule has 0 radical (unpaired) electrons. The third-order valence-corrected chi connectivity index (χ3v) is 4.00. The number of hydrogen-bond donors (Lipinski definition) is 0. The van der Waals surface area contributed by atoms with Crippen LogP contribution in [0.15, 0.2) is 83.4 Å². The molecule has 0 bridgehead atoms. The minimum absolute atomic E-state index is 0.0203. The van der Waals surface area contributed by atoms with E-state index in [0.717, 1.165) is 16.7 Å². The van der Waals surface area contributed by atoms with Gasteiger partial charge in [0.1, 0.15) is 0 Å². The van der Waals surface area contributed by atoms with Gasteiger partial charge < -0.3 is 4.52 Å². The van der Waals surface area contributed by atoms with Gasteiger partial charge in [0.2, 0.25) is 5.82 Å². The van der Waals surface area contributed by atoms with Crippen molar-refractivity contribution < 1.29 is 9.45 Å². The Morgan fingerprint density at radius 1 is 0.769 bits per heavy atom. The van der Waals surface area contributed by atoms with Gasteiger partial charge in [-0.05, 0) is 29.3 Å². The Morgan fingerprint density at radius 3 is 2.12 bits per heavy atom. The van der Waals surface area contributed by atoms with Crippen LogP contribution < -0.4 is 0 Å². The molecule has 0 amide bonds. The van der Waals surface area contributed by atoms with Crippen molar-refractivity contribution in [1.29, 1.82) is 0 Å². The molecule has 4 rings (SSSR count). The summed E-state index contributed by atoms with van der Waals surface area (Å²) in [5.74, 6) is 0.788. The highest BCUT2D eigenvalue weighted by Crippen LogP contribution is 2.32. The average Bonchev–Trinajstić information content (AvgIpc) is 3.19. The lowest BCUT2D eigenvalue weighted by atomic mass is 10.00. The zero-order valence-corrected chi connectivity index (χ0v) is 13.6. The highest BCUT2D eigenvalue weighted by molar-refractivity contribution is 5.80. The summed E-state index contributed by atoms with van der Waals surface area (Å²) in [5, 5.41) is 14.8. The van der Waals surface area contributed by atoms with Crippen LogP contribution in [0, 0.1) is 10.1 Å². The monoisotopic (exact) mass is 343 g/mol. The van der Waals surface area contributed by atoms with Crippen molar-refractivity contribution in [3.05, 3.63) is 89.0 Å². The van der Waals surface area contributed by atoms with E-state index in [4.69, 9.17) is 4.52 Å². The van der Waals surface area contributed by atoms with Crippen molar-refractivity contribution in [3.63, 3.8) is 0 Å². The molecule has 0 saturated heterocycles. The van der Waals surface area contributed by atoms with Crippen molar-refractivity contribution in [2.45, 2.75) is 0 Å². The largest absolute Gasteiger partial charge is 0.334 e. The molecular weight excluding hydrogens is 330 g/mol. The molecule has 1 aromatic heterocycles. The second kappa shape index (κ2) is 6.60. The van der Waals surface area contributed by atoms with Crippen LogP contribution >= 0.6 is 0 Å². The van der Waals surface area contributed by atoms with Gasteiger partial charge in [0, 0.05) is 23.3 Å². The fraction of sp³-hybridized carbons (Fsp3) is 0. The predicted molar refractivity (Wildman–Crippen MR) is 97.3 cm³/mol. The van der Waals surface area contributed by atoms with Crippen LogP contribution in [0.2, 0.25) is 0 Å². The highest BCUT2D eigenvalue weighted by Gasteiger charge is 2.15. The second-order valence-corrected chi connectivity index (χ2v) is 5.64. The van der Waals surface area contributed by atoms with E-state index in [-0.39, 0.29) is 5.69 Å². The van der Waals surface area contributed by atoms with E-state index in [9.17, 15) is 10.1 Å². The number of aromatic nitrogens is 2. The van der Waals surface area contributed by atoms with E-state index in [1.807, 2.05) is 54.6 Å². The topological polar surface area (TPSA) is 82.1 Å². The molecule has 0 aliphatic rings. The fourth-order valence-electron chi connectivity index (χ4n) is 2.72. The van der Waals surface area contributed by atoms with Gasteiger partial charge in [0.25, 0.3) is 11.6 Å². The molecule has 0 fully saturated rings. The number of benzene rings is 3. The Morgan fingerprint density at radius 2 is 1.42 bits per heavy atom. The van der Waals surface area contributed by atoms with Crippen LogP contribution in [-0.4, -0.2) is 15.1 Å². The maximum atomic E-state index is 10.8. The van der Waals surface area contributed by atoms with Crippen molar-refractivity contribution in [3.8, 4) is 34.0 Å². The smallest absolute Gasteiger partial charge is 0.269 e. The number of non-ortho nitro benzene ring substituents is 1. The molecule has 0 atom stereocenters. The van der Waals surface area contributed by atoms with Gasteiger partial charge in [-0.15, -0.1) is 0 Å². The highest BCUT2D eigenvalue weighted by atomic mass is 16.6. The lowest BCUT2D eigenvalue weighted by Gasteiger charge is -2.05. The molecular formula is C20H13N3O3. The van der Waals surface area contributed by atoms with Crippen molar-refractivity contribution in [1.82, 2.24) is 10.1 Å². The number of hydrogen-bond acceptors (Lipinski definition) is 5. The molecule has 0 aliphatic heterocycles. The third kappa shape index (κ3) is 2.95. The molecule has 4 aromatic rings.